The van der Waals surface area contributed by atoms with E-state index in [1.54, 1.807) is 19.5 Å². The monoisotopic (exact) mass is 408 g/mol. The van der Waals surface area contributed by atoms with Crippen LogP contribution in [0.15, 0.2) is 73.1 Å². The zero-order valence-electron chi connectivity index (χ0n) is 17.1. The second-order valence-electron chi connectivity index (χ2n) is 7.18. The van der Waals surface area contributed by atoms with Gasteiger partial charge in [0, 0.05) is 29.4 Å². The van der Waals surface area contributed by atoms with Crippen LogP contribution in [-0.2, 0) is 0 Å². The van der Waals surface area contributed by atoms with Gasteiger partial charge in [0.05, 0.1) is 18.3 Å². The molecule has 0 fully saturated rings. The number of nitrogens with zero attached hydrogens (tertiary/aromatic N) is 4. The van der Waals surface area contributed by atoms with Gasteiger partial charge in [0.2, 0.25) is 0 Å². The molecular formula is C24H20N6O. The van der Waals surface area contributed by atoms with Crippen molar-refractivity contribution in [3.8, 4) is 28.4 Å². The van der Waals surface area contributed by atoms with Crippen LogP contribution in [0.3, 0.4) is 0 Å². The van der Waals surface area contributed by atoms with Gasteiger partial charge in [-0.05, 0) is 42.8 Å². The quantitative estimate of drug-likeness (QED) is 0.418. The summed E-state index contributed by atoms with van der Waals surface area (Å²) < 4.78 is 5.40. The number of aromatic amines is 1. The first-order chi connectivity index (χ1) is 15.2. The summed E-state index contributed by atoms with van der Waals surface area (Å²) in [6, 6.07) is 19.8. The van der Waals surface area contributed by atoms with Crippen molar-refractivity contribution < 1.29 is 4.74 Å². The topological polar surface area (TPSA) is 88.6 Å². The molecule has 0 aliphatic rings. The maximum absolute atomic E-state index is 5.40. The Balaban J connectivity index is 1.57. The van der Waals surface area contributed by atoms with E-state index < -0.39 is 0 Å². The fourth-order valence-electron chi connectivity index (χ4n) is 3.34. The lowest BCUT2D eigenvalue weighted by atomic mass is 10.1. The minimum absolute atomic E-state index is 0.586. The van der Waals surface area contributed by atoms with Crippen molar-refractivity contribution >= 4 is 22.5 Å². The number of nitrogens with one attached hydrogen (secondary N) is 2. The van der Waals surface area contributed by atoms with Gasteiger partial charge < -0.3 is 10.1 Å². The van der Waals surface area contributed by atoms with Crippen molar-refractivity contribution in [2.45, 2.75) is 6.92 Å². The first kappa shape index (κ1) is 18.7. The molecule has 0 aliphatic heterocycles. The minimum atomic E-state index is 0.586. The molecule has 3 heterocycles. The van der Waals surface area contributed by atoms with Crippen molar-refractivity contribution in [3.05, 3.63) is 78.6 Å². The van der Waals surface area contributed by atoms with E-state index in [9.17, 15) is 0 Å². The van der Waals surface area contributed by atoms with Gasteiger partial charge in [-0.2, -0.15) is 5.10 Å². The number of pyridine rings is 1. The van der Waals surface area contributed by atoms with Gasteiger partial charge >= 0.3 is 0 Å². The first-order valence-corrected chi connectivity index (χ1v) is 9.85. The van der Waals surface area contributed by atoms with Crippen molar-refractivity contribution in [1.82, 2.24) is 25.1 Å². The minimum Gasteiger partial charge on any atom is -0.497 e. The molecule has 0 saturated carbocycles. The molecule has 5 rings (SSSR count). The summed E-state index contributed by atoms with van der Waals surface area (Å²) in [4.78, 5) is 13.7. The number of ether oxygens (including phenoxy) is 1. The largest absolute Gasteiger partial charge is 0.497 e. The highest BCUT2D eigenvalue weighted by Crippen LogP contribution is 2.30. The summed E-state index contributed by atoms with van der Waals surface area (Å²) >= 11 is 0. The lowest BCUT2D eigenvalue weighted by Crippen LogP contribution is -2.00. The van der Waals surface area contributed by atoms with Crippen LogP contribution >= 0.6 is 0 Å². The highest BCUT2D eigenvalue weighted by molar-refractivity contribution is 5.93. The second kappa shape index (κ2) is 7.87. The molecule has 0 saturated heterocycles. The SMILES string of the molecule is COc1ccc2nc(-c3cccnc3)nc(Nc3cc(-c4ccc(C)cc4)[nH]n3)c2c1. The molecule has 0 amide bonds. The number of benzene rings is 2. The maximum atomic E-state index is 5.40. The van der Waals surface area contributed by atoms with Crippen molar-refractivity contribution in [2.75, 3.05) is 12.4 Å². The van der Waals surface area contributed by atoms with E-state index in [0.717, 1.165) is 33.5 Å². The number of fused-ring (bicyclic) bond motifs is 1. The number of rotatable bonds is 5. The van der Waals surface area contributed by atoms with Crippen LogP contribution in [0.25, 0.3) is 33.5 Å². The Hall–Kier alpha value is -4.26. The second-order valence-corrected chi connectivity index (χ2v) is 7.18. The Labute approximate surface area is 179 Å². The average molecular weight is 408 g/mol. The van der Waals surface area contributed by atoms with Gasteiger partial charge in [0.1, 0.15) is 11.6 Å². The van der Waals surface area contributed by atoms with Crippen LogP contribution in [0.1, 0.15) is 5.56 Å². The van der Waals surface area contributed by atoms with Crippen molar-refractivity contribution in [2.24, 2.45) is 0 Å². The smallest absolute Gasteiger partial charge is 0.163 e. The van der Waals surface area contributed by atoms with Gasteiger partial charge in [-0.25, -0.2) is 9.97 Å². The van der Waals surface area contributed by atoms with Crippen molar-refractivity contribution in [1.29, 1.82) is 0 Å². The standard InChI is InChI=1S/C24H20N6O/c1-15-5-7-16(8-6-15)21-13-22(30-29-21)27-24-19-12-18(31-2)9-10-20(19)26-23(28-24)17-4-3-11-25-14-17/h3-14H,1-2H3,(H2,26,27,28,29,30). The molecule has 0 unspecified atom stereocenters. The molecule has 0 atom stereocenters. The Bertz CT molecular complexity index is 1350. The molecule has 3 aromatic heterocycles. The summed E-state index contributed by atoms with van der Waals surface area (Å²) in [7, 11) is 1.64. The van der Waals surface area contributed by atoms with E-state index in [1.807, 2.05) is 36.4 Å². The zero-order chi connectivity index (χ0) is 21.2. The molecule has 0 spiro atoms. The molecule has 0 bridgehead atoms. The molecular weight excluding hydrogens is 388 g/mol. The Kier molecular flexibility index (Phi) is 4.76. The molecule has 31 heavy (non-hydrogen) atoms. The van der Waals surface area contributed by atoms with Gasteiger partial charge in [0.25, 0.3) is 0 Å². The van der Waals surface area contributed by atoms with Crippen LogP contribution in [-0.4, -0.2) is 32.3 Å². The van der Waals surface area contributed by atoms with Crippen LogP contribution in [0.4, 0.5) is 11.6 Å². The average Bonchev–Trinajstić information content (AvgIpc) is 3.28. The number of methoxy groups -OCH3 is 1. The maximum Gasteiger partial charge on any atom is 0.163 e. The van der Waals surface area contributed by atoms with E-state index in [-0.39, 0.29) is 0 Å². The lowest BCUT2D eigenvalue weighted by Gasteiger charge is -2.10. The molecule has 2 N–H and O–H groups in total. The summed E-state index contributed by atoms with van der Waals surface area (Å²) in [5, 5.41) is 11.7. The number of hydrogen-bond donors (Lipinski definition) is 2. The Morgan fingerprint density at radius 2 is 1.81 bits per heavy atom. The van der Waals surface area contributed by atoms with E-state index >= 15 is 0 Å². The molecule has 7 nitrogen and oxygen atoms in total. The number of aryl methyl sites for hydroxylation is 1. The van der Waals surface area contributed by atoms with E-state index in [1.165, 1.54) is 5.56 Å². The van der Waals surface area contributed by atoms with Gasteiger partial charge in [-0.15, -0.1) is 0 Å². The van der Waals surface area contributed by atoms with E-state index in [2.05, 4.69) is 51.7 Å². The molecule has 0 radical (unpaired) electrons. The Morgan fingerprint density at radius 1 is 0.935 bits per heavy atom. The molecule has 152 valence electrons. The van der Waals surface area contributed by atoms with E-state index in [4.69, 9.17) is 14.7 Å². The van der Waals surface area contributed by atoms with Gasteiger partial charge in [-0.1, -0.05) is 29.8 Å². The zero-order valence-corrected chi connectivity index (χ0v) is 17.1. The van der Waals surface area contributed by atoms with Crippen LogP contribution in [0.2, 0.25) is 0 Å². The first-order valence-electron chi connectivity index (χ1n) is 9.85. The van der Waals surface area contributed by atoms with E-state index in [0.29, 0.717) is 17.5 Å². The highest BCUT2D eigenvalue weighted by atomic mass is 16.5. The third kappa shape index (κ3) is 3.81. The van der Waals surface area contributed by atoms with Gasteiger partial charge in [0.15, 0.2) is 11.6 Å². The summed E-state index contributed by atoms with van der Waals surface area (Å²) in [5.41, 5.74) is 4.84. The highest BCUT2D eigenvalue weighted by Gasteiger charge is 2.13. The summed E-state index contributed by atoms with van der Waals surface area (Å²) in [6.45, 7) is 2.07. The van der Waals surface area contributed by atoms with Crippen LogP contribution in [0, 0.1) is 6.92 Å². The Morgan fingerprint density at radius 3 is 2.58 bits per heavy atom. The fraction of sp³-hybridized carbons (Fsp3) is 0.0833. The summed E-state index contributed by atoms with van der Waals surface area (Å²) in [6.07, 6.45) is 3.48. The van der Waals surface area contributed by atoms with Gasteiger partial charge in [-0.3, -0.25) is 10.1 Å². The molecule has 7 heteroatoms. The number of H-pyrrole nitrogens is 1. The third-order valence-electron chi connectivity index (χ3n) is 5.01. The molecule has 0 aliphatic carbocycles. The van der Waals surface area contributed by atoms with Crippen LogP contribution < -0.4 is 10.1 Å². The number of hydrogen-bond acceptors (Lipinski definition) is 6. The van der Waals surface area contributed by atoms with Crippen LogP contribution in [0.5, 0.6) is 5.75 Å². The third-order valence-corrected chi connectivity index (χ3v) is 5.01. The number of aromatic nitrogens is 5. The summed E-state index contributed by atoms with van der Waals surface area (Å²) in [5.74, 6) is 2.62. The predicted molar refractivity (Wildman–Crippen MR) is 121 cm³/mol. The number of anilines is 2. The fourth-order valence-corrected chi connectivity index (χ4v) is 3.34. The molecule has 5 aromatic rings. The predicted octanol–water partition coefficient (Wildman–Crippen LogP) is 5.14. The molecule has 2 aromatic carbocycles. The normalized spacial score (nSPS) is 10.9. The van der Waals surface area contributed by atoms with Crippen molar-refractivity contribution in [3.63, 3.8) is 0 Å². The lowest BCUT2D eigenvalue weighted by molar-refractivity contribution is 0.415.